The molecule has 17 heavy (non-hydrogen) atoms. The van der Waals surface area contributed by atoms with Crippen LogP contribution in [0.25, 0.3) is 0 Å². The highest BCUT2D eigenvalue weighted by Crippen LogP contribution is 2.25. The van der Waals surface area contributed by atoms with Gasteiger partial charge >= 0.3 is 0 Å². The first-order valence-electron chi connectivity index (χ1n) is 5.91. The molecule has 0 unspecified atom stereocenters. The van der Waals surface area contributed by atoms with Gasteiger partial charge in [-0.1, -0.05) is 0 Å². The van der Waals surface area contributed by atoms with E-state index in [1.54, 1.807) is 13.2 Å². The Morgan fingerprint density at radius 2 is 2.12 bits per heavy atom. The highest BCUT2D eigenvalue weighted by molar-refractivity contribution is 5.53. The molecule has 3 nitrogen and oxygen atoms in total. The van der Waals surface area contributed by atoms with Gasteiger partial charge in [-0.2, -0.15) is 0 Å². The van der Waals surface area contributed by atoms with Crippen LogP contribution < -0.4 is 4.90 Å². The molecule has 0 amide bonds. The number of rotatable bonds is 3. The molecule has 4 heteroatoms. The van der Waals surface area contributed by atoms with Crippen LogP contribution in [0.3, 0.4) is 0 Å². The number of hydrogen-bond acceptors (Lipinski definition) is 3. The Morgan fingerprint density at radius 3 is 2.71 bits per heavy atom. The van der Waals surface area contributed by atoms with Gasteiger partial charge in [0.15, 0.2) is 0 Å². The molecule has 1 aliphatic rings. The molecule has 1 aromatic rings. The maximum absolute atomic E-state index is 13.1. The molecule has 0 spiro atoms. The zero-order chi connectivity index (χ0) is 12.3. The number of aliphatic hydroxyl groups is 1. The van der Waals surface area contributed by atoms with Gasteiger partial charge in [-0.25, -0.2) is 4.39 Å². The fourth-order valence-electron chi connectivity index (χ4n) is 2.32. The Kier molecular flexibility index (Phi) is 3.97. The molecule has 1 aromatic carbocycles. The predicted octanol–water partition coefficient (Wildman–Crippen LogP) is 1.93. The molecule has 0 aliphatic carbocycles. The van der Waals surface area contributed by atoms with E-state index < -0.39 is 0 Å². The molecule has 0 radical (unpaired) electrons. The third-order valence-corrected chi connectivity index (χ3v) is 3.33. The summed E-state index contributed by atoms with van der Waals surface area (Å²) in [5.41, 5.74) is 1.59. The summed E-state index contributed by atoms with van der Waals surface area (Å²) >= 11 is 0. The Hall–Kier alpha value is -1.13. The second-order valence-electron chi connectivity index (χ2n) is 4.35. The fraction of sp³-hybridized carbons (Fsp3) is 0.538. The molecule has 0 aromatic heterocycles. The van der Waals surface area contributed by atoms with Crippen LogP contribution in [-0.4, -0.2) is 31.4 Å². The first-order chi connectivity index (χ1) is 8.24. The van der Waals surface area contributed by atoms with Gasteiger partial charge in [-0.05, 0) is 31.0 Å². The molecule has 1 N–H and O–H groups in total. The molecular formula is C13H18FNO2. The Bertz CT molecular complexity index is 376. The van der Waals surface area contributed by atoms with Crippen molar-refractivity contribution in [3.8, 4) is 0 Å². The van der Waals surface area contributed by atoms with E-state index in [2.05, 4.69) is 4.90 Å². The average Bonchev–Trinajstić information content (AvgIpc) is 2.39. The summed E-state index contributed by atoms with van der Waals surface area (Å²) in [6.07, 6.45) is 2.27. The largest absolute Gasteiger partial charge is 0.392 e. The topological polar surface area (TPSA) is 32.7 Å². The fourth-order valence-corrected chi connectivity index (χ4v) is 2.32. The number of nitrogens with zero attached hydrogens (tertiary/aromatic N) is 1. The van der Waals surface area contributed by atoms with Crippen LogP contribution in [-0.2, 0) is 11.3 Å². The molecule has 1 fully saturated rings. The number of halogens is 1. The number of aliphatic hydroxyl groups excluding tert-OH is 1. The van der Waals surface area contributed by atoms with E-state index >= 15 is 0 Å². The van der Waals surface area contributed by atoms with Gasteiger partial charge in [0, 0.05) is 31.5 Å². The van der Waals surface area contributed by atoms with E-state index in [0.29, 0.717) is 11.7 Å². The van der Waals surface area contributed by atoms with Crippen molar-refractivity contribution in [2.45, 2.75) is 25.6 Å². The molecule has 2 rings (SSSR count). The van der Waals surface area contributed by atoms with Gasteiger partial charge in [0.05, 0.1) is 12.7 Å². The molecule has 1 saturated heterocycles. The summed E-state index contributed by atoms with van der Waals surface area (Å²) in [5.74, 6) is -0.301. The normalized spacial score (nSPS) is 17.5. The van der Waals surface area contributed by atoms with Crippen LogP contribution in [0.4, 0.5) is 10.1 Å². The van der Waals surface area contributed by atoms with Crippen molar-refractivity contribution in [1.29, 1.82) is 0 Å². The van der Waals surface area contributed by atoms with Crippen LogP contribution in [0.1, 0.15) is 18.4 Å². The van der Waals surface area contributed by atoms with Gasteiger partial charge < -0.3 is 14.7 Å². The van der Waals surface area contributed by atoms with Crippen molar-refractivity contribution in [3.05, 3.63) is 29.6 Å². The van der Waals surface area contributed by atoms with E-state index in [0.717, 1.165) is 31.6 Å². The van der Waals surface area contributed by atoms with Crippen LogP contribution in [0.15, 0.2) is 18.2 Å². The summed E-state index contributed by atoms with van der Waals surface area (Å²) in [4.78, 5) is 2.18. The first-order valence-corrected chi connectivity index (χ1v) is 5.91. The quantitative estimate of drug-likeness (QED) is 0.875. The van der Waals surface area contributed by atoms with Gasteiger partial charge in [-0.15, -0.1) is 0 Å². The zero-order valence-electron chi connectivity index (χ0n) is 10.0. The monoisotopic (exact) mass is 239 g/mol. The van der Waals surface area contributed by atoms with E-state index in [1.165, 1.54) is 12.1 Å². The van der Waals surface area contributed by atoms with Gasteiger partial charge in [0.25, 0.3) is 0 Å². The standard InChI is InChI=1S/C13H18FNO2/c1-17-12-4-6-15(7-5-12)13-3-2-11(14)8-10(13)9-16/h2-3,8,12,16H,4-7,9H2,1H3. The summed E-state index contributed by atoms with van der Waals surface area (Å²) < 4.78 is 18.4. The highest BCUT2D eigenvalue weighted by atomic mass is 19.1. The third-order valence-electron chi connectivity index (χ3n) is 3.33. The summed E-state index contributed by atoms with van der Waals surface area (Å²) in [7, 11) is 1.73. The minimum absolute atomic E-state index is 0.128. The van der Waals surface area contributed by atoms with Crippen molar-refractivity contribution in [1.82, 2.24) is 0 Å². The van der Waals surface area contributed by atoms with Gasteiger partial charge in [-0.3, -0.25) is 0 Å². The molecule has 1 aliphatic heterocycles. The molecule has 0 atom stereocenters. The summed E-state index contributed by atoms with van der Waals surface area (Å²) in [5, 5.41) is 9.25. The van der Waals surface area contributed by atoms with Crippen LogP contribution in [0.2, 0.25) is 0 Å². The smallest absolute Gasteiger partial charge is 0.123 e. The highest BCUT2D eigenvalue weighted by Gasteiger charge is 2.20. The van der Waals surface area contributed by atoms with Crippen LogP contribution in [0, 0.1) is 5.82 Å². The Morgan fingerprint density at radius 1 is 1.41 bits per heavy atom. The second-order valence-corrected chi connectivity index (χ2v) is 4.35. The minimum atomic E-state index is -0.301. The lowest BCUT2D eigenvalue weighted by atomic mass is 10.0. The molecular weight excluding hydrogens is 221 g/mol. The van der Waals surface area contributed by atoms with E-state index in [4.69, 9.17) is 4.74 Å². The van der Waals surface area contributed by atoms with Gasteiger partial charge in [0.2, 0.25) is 0 Å². The number of hydrogen-bond donors (Lipinski definition) is 1. The number of methoxy groups -OCH3 is 1. The van der Waals surface area contributed by atoms with Crippen molar-refractivity contribution in [2.24, 2.45) is 0 Å². The summed E-state index contributed by atoms with van der Waals surface area (Å²) in [6, 6.07) is 4.59. The minimum Gasteiger partial charge on any atom is -0.392 e. The SMILES string of the molecule is COC1CCN(c2ccc(F)cc2CO)CC1. The maximum Gasteiger partial charge on any atom is 0.123 e. The van der Waals surface area contributed by atoms with E-state index in [9.17, 15) is 9.50 Å². The number of benzene rings is 1. The van der Waals surface area contributed by atoms with Crippen LogP contribution in [0.5, 0.6) is 0 Å². The number of piperidine rings is 1. The van der Waals surface area contributed by atoms with E-state index in [-0.39, 0.29) is 12.4 Å². The summed E-state index contributed by atoms with van der Waals surface area (Å²) in [6.45, 7) is 1.64. The zero-order valence-corrected chi connectivity index (χ0v) is 10.0. The third kappa shape index (κ3) is 2.76. The maximum atomic E-state index is 13.1. The Balaban J connectivity index is 2.12. The average molecular weight is 239 g/mol. The number of ether oxygens (including phenoxy) is 1. The molecule has 0 saturated carbocycles. The predicted molar refractivity (Wildman–Crippen MR) is 64.6 cm³/mol. The first kappa shape index (κ1) is 12.3. The van der Waals surface area contributed by atoms with Crippen molar-refractivity contribution < 1.29 is 14.2 Å². The van der Waals surface area contributed by atoms with Crippen molar-refractivity contribution in [2.75, 3.05) is 25.1 Å². The molecule has 0 bridgehead atoms. The lowest BCUT2D eigenvalue weighted by Gasteiger charge is -2.34. The van der Waals surface area contributed by atoms with Crippen molar-refractivity contribution >= 4 is 5.69 Å². The van der Waals surface area contributed by atoms with Crippen molar-refractivity contribution in [3.63, 3.8) is 0 Å². The Labute approximate surface area is 101 Å². The number of anilines is 1. The van der Waals surface area contributed by atoms with Gasteiger partial charge in [0.1, 0.15) is 5.82 Å². The lowest BCUT2D eigenvalue weighted by molar-refractivity contribution is 0.0818. The molecule has 94 valence electrons. The lowest BCUT2D eigenvalue weighted by Crippen LogP contribution is -2.37. The molecule has 1 heterocycles. The van der Waals surface area contributed by atoms with E-state index in [1.807, 2.05) is 0 Å². The van der Waals surface area contributed by atoms with Crippen LogP contribution >= 0.6 is 0 Å². The second kappa shape index (κ2) is 5.47.